The van der Waals surface area contributed by atoms with Crippen LogP contribution in [0, 0.1) is 18.3 Å². The van der Waals surface area contributed by atoms with E-state index in [2.05, 4.69) is 26.9 Å². The fourth-order valence-corrected chi connectivity index (χ4v) is 5.00. The van der Waals surface area contributed by atoms with E-state index in [0.717, 1.165) is 53.9 Å². The Labute approximate surface area is 201 Å². The van der Waals surface area contributed by atoms with Gasteiger partial charge in [-0.15, -0.1) is 5.10 Å². The lowest BCUT2D eigenvalue weighted by Crippen LogP contribution is -2.18. The summed E-state index contributed by atoms with van der Waals surface area (Å²) in [4.78, 5) is 13.0. The van der Waals surface area contributed by atoms with Crippen LogP contribution in [0.15, 0.2) is 59.8 Å². The molecule has 2 aromatic heterocycles. The third-order valence-electron chi connectivity index (χ3n) is 5.91. The summed E-state index contributed by atoms with van der Waals surface area (Å²) in [7, 11) is 0. The topological polar surface area (TPSA) is 101 Å². The molecule has 0 saturated heterocycles. The summed E-state index contributed by atoms with van der Waals surface area (Å²) in [6.07, 6.45) is 3.85. The number of rotatable bonds is 6. The molecule has 0 unspecified atom stereocenters. The molecule has 5 rings (SSSR count). The van der Waals surface area contributed by atoms with Gasteiger partial charge < -0.3 is 5.32 Å². The van der Waals surface area contributed by atoms with Crippen molar-refractivity contribution >= 4 is 23.5 Å². The van der Waals surface area contributed by atoms with Gasteiger partial charge in [0.1, 0.15) is 11.9 Å². The van der Waals surface area contributed by atoms with Gasteiger partial charge in [0.15, 0.2) is 0 Å². The molecule has 0 fully saturated rings. The van der Waals surface area contributed by atoms with Gasteiger partial charge in [0.25, 0.3) is 0 Å². The van der Waals surface area contributed by atoms with Gasteiger partial charge in [0.05, 0.1) is 17.0 Å². The van der Waals surface area contributed by atoms with Gasteiger partial charge in [-0.25, -0.2) is 0 Å². The monoisotopic (exact) mass is 469 g/mol. The van der Waals surface area contributed by atoms with Crippen molar-refractivity contribution < 1.29 is 4.79 Å². The second-order valence-corrected chi connectivity index (χ2v) is 9.13. The van der Waals surface area contributed by atoms with E-state index in [-0.39, 0.29) is 11.7 Å². The molecule has 170 valence electrons. The SMILES string of the molecule is Cc1ccc(-n2nnnc2SCC(=O)Nc2c(C#N)c3c(n2-c2ccccc2)CCCC3)cc1. The van der Waals surface area contributed by atoms with Crippen LogP contribution in [0.3, 0.4) is 0 Å². The van der Waals surface area contributed by atoms with Crippen LogP contribution in [0.5, 0.6) is 0 Å². The van der Waals surface area contributed by atoms with E-state index >= 15 is 0 Å². The zero-order chi connectivity index (χ0) is 23.5. The van der Waals surface area contributed by atoms with Crippen LogP contribution < -0.4 is 5.32 Å². The summed E-state index contributed by atoms with van der Waals surface area (Å²) < 4.78 is 3.65. The Bertz CT molecular complexity index is 1370. The maximum absolute atomic E-state index is 13.0. The van der Waals surface area contributed by atoms with E-state index in [1.165, 1.54) is 11.8 Å². The second kappa shape index (κ2) is 9.53. The standard InChI is InChI=1S/C25H23N7OS/c1-17-11-13-19(14-12-17)32-25(28-29-30-32)34-16-23(33)27-24-21(15-26)20-9-5-6-10-22(20)31(24)18-7-3-2-4-8-18/h2-4,7-8,11-14H,5-6,9-10,16H2,1H3,(H,27,33). The van der Waals surface area contributed by atoms with E-state index in [1.807, 2.05) is 66.1 Å². The first kappa shape index (κ1) is 21.9. The minimum Gasteiger partial charge on any atom is -0.310 e. The molecule has 1 amide bonds. The molecule has 0 radical (unpaired) electrons. The minimum absolute atomic E-state index is 0.113. The van der Waals surface area contributed by atoms with Gasteiger partial charge in [-0.3, -0.25) is 9.36 Å². The molecule has 0 spiro atoms. The number of fused-ring (bicyclic) bond motifs is 1. The molecular formula is C25H23N7OS. The van der Waals surface area contributed by atoms with Gasteiger partial charge in [-0.1, -0.05) is 47.7 Å². The normalized spacial score (nSPS) is 12.7. The van der Waals surface area contributed by atoms with Crippen LogP contribution in [-0.2, 0) is 17.6 Å². The van der Waals surface area contributed by atoms with Crippen LogP contribution in [-0.4, -0.2) is 36.4 Å². The highest BCUT2D eigenvalue weighted by Gasteiger charge is 2.27. The number of amides is 1. The molecule has 2 heterocycles. The number of carbonyl (C=O) groups is 1. The maximum Gasteiger partial charge on any atom is 0.236 e. The quantitative estimate of drug-likeness (QED) is 0.424. The van der Waals surface area contributed by atoms with E-state index < -0.39 is 0 Å². The van der Waals surface area contributed by atoms with Crippen LogP contribution >= 0.6 is 11.8 Å². The number of nitriles is 1. The molecule has 9 heteroatoms. The summed E-state index contributed by atoms with van der Waals surface area (Å²) in [6.45, 7) is 2.02. The van der Waals surface area contributed by atoms with Crippen molar-refractivity contribution in [2.45, 2.75) is 37.8 Å². The molecule has 8 nitrogen and oxygen atoms in total. The first-order valence-corrected chi connectivity index (χ1v) is 12.1. The highest BCUT2D eigenvalue weighted by Crippen LogP contribution is 2.35. The Hall–Kier alpha value is -3.90. The third kappa shape index (κ3) is 4.20. The number of nitrogens with one attached hydrogen (secondary N) is 1. The summed E-state index contributed by atoms with van der Waals surface area (Å²) in [5.74, 6) is 0.443. The summed E-state index contributed by atoms with van der Waals surface area (Å²) >= 11 is 1.25. The number of anilines is 1. The van der Waals surface area contributed by atoms with Crippen LogP contribution in [0.1, 0.15) is 35.2 Å². The fourth-order valence-electron chi connectivity index (χ4n) is 4.31. The van der Waals surface area contributed by atoms with E-state index in [9.17, 15) is 10.1 Å². The minimum atomic E-state index is -0.216. The van der Waals surface area contributed by atoms with E-state index in [1.54, 1.807) is 4.68 Å². The third-order valence-corrected chi connectivity index (χ3v) is 6.83. The van der Waals surface area contributed by atoms with Gasteiger partial charge >= 0.3 is 0 Å². The molecule has 1 N–H and O–H groups in total. The Morgan fingerprint density at radius 2 is 1.85 bits per heavy atom. The number of nitrogens with zero attached hydrogens (tertiary/aromatic N) is 6. The van der Waals surface area contributed by atoms with Gasteiger partial charge in [-0.2, -0.15) is 9.94 Å². The van der Waals surface area contributed by atoms with Gasteiger partial charge in [0.2, 0.25) is 11.1 Å². The van der Waals surface area contributed by atoms with Crippen LogP contribution in [0.2, 0.25) is 0 Å². The average Bonchev–Trinajstić information content (AvgIpc) is 3.46. The van der Waals surface area contributed by atoms with Crippen molar-refractivity contribution in [2.24, 2.45) is 0 Å². The lowest BCUT2D eigenvalue weighted by atomic mass is 9.95. The van der Waals surface area contributed by atoms with Crippen LogP contribution in [0.4, 0.5) is 5.82 Å². The van der Waals surface area contributed by atoms with Crippen molar-refractivity contribution in [3.8, 4) is 17.4 Å². The summed E-state index contributed by atoms with van der Waals surface area (Å²) in [5.41, 5.74) is 5.62. The number of benzene rings is 2. The molecule has 0 atom stereocenters. The number of hydrogen-bond donors (Lipinski definition) is 1. The number of para-hydroxylation sites is 1. The Kier molecular flexibility index (Phi) is 6.14. The molecular weight excluding hydrogens is 446 g/mol. The predicted molar refractivity (Wildman–Crippen MR) is 130 cm³/mol. The molecule has 1 aliphatic rings. The summed E-state index contributed by atoms with van der Waals surface area (Å²) in [6, 6.07) is 20.1. The van der Waals surface area contributed by atoms with Crippen molar-refractivity contribution in [1.29, 1.82) is 5.26 Å². The number of aryl methyl sites for hydroxylation is 1. The average molecular weight is 470 g/mol. The number of tetrazole rings is 1. The largest absolute Gasteiger partial charge is 0.310 e. The van der Waals surface area contributed by atoms with Crippen molar-refractivity contribution in [1.82, 2.24) is 24.8 Å². The Balaban J connectivity index is 1.40. The second-order valence-electron chi connectivity index (χ2n) is 8.18. The number of carbonyl (C=O) groups excluding carboxylic acids is 1. The fraction of sp³-hybridized carbons (Fsp3) is 0.240. The highest BCUT2D eigenvalue weighted by atomic mass is 32.2. The first-order chi connectivity index (χ1) is 16.7. The number of aromatic nitrogens is 5. The predicted octanol–water partition coefficient (Wildman–Crippen LogP) is 4.24. The van der Waals surface area contributed by atoms with Crippen LogP contribution in [0.25, 0.3) is 11.4 Å². The molecule has 4 aromatic rings. The van der Waals surface area contributed by atoms with E-state index in [0.29, 0.717) is 16.5 Å². The number of hydrogen-bond acceptors (Lipinski definition) is 6. The molecule has 0 bridgehead atoms. The van der Waals surface area contributed by atoms with Gasteiger partial charge in [-0.05, 0) is 72.9 Å². The highest BCUT2D eigenvalue weighted by molar-refractivity contribution is 7.99. The zero-order valence-corrected chi connectivity index (χ0v) is 19.5. The molecule has 1 aliphatic carbocycles. The van der Waals surface area contributed by atoms with E-state index in [4.69, 9.17) is 0 Å². The van der Waals surface area contributed by atoms with Crippen molar-refractivity contribution in [3.05, 3.63) is 77.0 Å². The zero-order valence-electron chi connectivity index (χ0n) is 18.7. The smallest absolute Gasteiger partial charge is 0.236 e. The Morgan fingerprint density at radius 3 is 2.62 bits per heavy atom. The van der Waals surface area contributed by atoms with Crippen molar-refractivity contribution in [2.75, 3.05) is 11.1 Å². The first-order valence-electron chi connectivity index (χ1n) is 11.2. The number of thioether (sulfide) groups is 1. The Morgan fingerprint density at radius 1 is 1.09 bits per heavy atom. The maximum atomic E-state index is 13.0. The van der Waals surface area contributed by atoms with Crippen molar-refractivity contribution in [3.63, 3.8) is 0 Å². The lowest BCUT2D eigenvalue weighted by Gasteiger charge is -2.17. The molecule has 0 aliphatic heterocycles. The molecule has 2 aromatic carbocycles. The summed E-state index contributed by atoms with van der Waals surface area (Å²) in [5, 5.41) is 25.4. The molecule has 34 heavy (non-hydrogen) atoms. The molecule has 0 saturated carbocycles. The lowest BCUT2D eigenvalue weighted by molar-refractivity contribution is -0.113. The van der Waals surface area contributed by atoms with Gasteiger partial charge in [0, 0.05) is 11.4 Å².